The van der Waals surface area contributed by atoms with Gasteiger partial charge in [0.05, 0.1) is 29.4 Å². The first-order valence-electron chi connectivity index (χ1n) is 8.79. The van der Waals surface area contributed by atoms with Crippen LogP contribution in [0, 0.1) is 0 Å². The topological polar surface area (TPSA) is 94.3 Å². The monoisotopic (exact) mass is 403 g/mol. The van der Waals surface area contributed by atoms with Gasteiger partial charge in [-0.2, -0.15) is 0 Å². The van der Waals surface area contributed by atoms with Crippen molar-refractivity contribution in [1.29, 1.82) is 0 Å². The Labute approximate surface area is 171 Å². The van der Waals surface area contributed by atoms with Crippen LogP contribution < -0.4 is 15.8 Å². The molecule has 4 aromatic rings. The van der Waals surface area contributed by atoms with Crippen LogP contribution in [0.1, 0.15) is 20.7 Å². The molecule has 0 aliphatic heterocycles. The number of nitrogens with zero attached hydrogens (tertiary/aromatic N) is 1. The van der Waals surface area contributed by atoms with Crippen LogP contribution in [0.15, 0.2) is 66.0 Å². The fourth-order valence-electron chi connectivity index (χ4n) is 3.04. The van der Waals surface area contributed by atoms with Crippen LogP contribution in [-0.4, -0.2) is 23.9 Å². The largest absolute Gasteiger partial charge is 0.497 e. The van der Waals surface area contributed by atoms with Crippen LogP contribution in [0.2, 0.25) is 0 Å². The van der Waals surface area contributed by atoms with Gasteiger partial charge >= 0.3 is 0 Å². The summed E-state index contributed by atoms with van der Waals surface area (Å²) in [4.78, 5) is 29.3. The zero-order chi connectivity index (χ0) is 20.4. The summed E-state index contributed by atoms with van der Waals surface area (Å²) in [5.41, 5.74) is 8.36. The van der Waals surface area contributed by atoms with Crippen molar-refractivity contribution in [2.45, 2.75) is 0 Å². The number of amides is 2. The number of ether oxygens (including phenoxy) is 1. The first kappa shape index (κ1) is 18.6. The molecule has 2 amide bonds. The number of carbonyl (C=O) groups excluding carboxylic acids is 2. The van der Waals surface area contributed by atoms with E-state index < -0.39 is 5.91 Å². The number of anilines is 1. The second-order valence-electron chi connectivity index (χ2n) is 6.28. The van der Waals surface area contributed by atoms with E-state index in [-0.39, 0.29) is 11.5 Å². The smallest absolute Gasteiger partial charge is 0.257 e. The summed E-state index contributed by atoms with van der Waals surface area (Å²) in [5.74, 6) is -0.174. The minimum Gasteiger partial charge on any atom is -0.497 e. The molecule has 0 atom stereocenters. The predicted molar refractivity (Wildman–Crippen MR) is 115 cm³/mol. The van der Waals surface area contributed by atoms with Crippen molar-refractivity contribution in [3.8, 4) is 17.0 Å². The molecule has 29 heavy (non-hydrogen) atoms. The van der Waals surface area contributed by atoms with Gasteiger partial charge in [0.2, 0.25) is 0 Å². The number of carbonyl (C=O) groups is 2. The molecule has 4 rings (SSSR count). The lowest BCUT2D eigenvalue weighted by molar-refractivity contribution is 0.100. The average Bonchev–Trinajstić information content (AvgIpc) is 3.21. The number of nitrogens with two attached hydrogens (primary N) is 1. The second-order valence-corrected chi connectivity index (χ2v) is 7.20. The highest BCUT2D eigenvalue weighted by Gasteiger charge is 2.17. The Morgan fingerprint density at radius 3 is 2.52 bits per heavy atom. The van der Waals surface area contributed by atoms with Gasteiger partial charge in [0, 0.05) is 10.9 Å². The number of hydrogen-bond acceptors (Lipinski definition) is 5. The Morgan fingerprint density at radius 1 is 1.03 bits per heavy atom. The molecular formula is C22H17N3O3S. The van der Waals surface area contributed by atoms with Crippen molar-refractivity contribution in [1.82, 2.24) is 4.98 Å². The normalized spacial score (nSPS) is 10.7. The van der Waals surface area contributed by atoms with Gasteiger partial charge in [0.15, 0.2) is 0 Å². The third-order valence-electron chi connectivity index (χ3n) is 4.50. The molecule has 0 fully saturated rings. The number of aromatic nitrogens is 1. The van der Waals surface area contributed by atoms with Gasteiger partial charge < -0.3 is 15.8 Å². The van der Waals surface area contributed by atoms with Crippen LogP contribution in [-0.2, 0) is 0 Å². The number of benzene rings is 2. The highest BCUT2D eigenvalue weighted by atomic mass is 32.1. The van der Waals surface area contributed by atoms with Crippen molar-refractivity contribution < 1.29 is 14.3 Å². The number of pyridine rings is 1. The molecule has 2 aromatic heterocycles. The summed E-state index contributed by atoms with van der Waals surface area (Å²) < 4.78 is 5.21. The van der Waals surface area contributed by atoms with Gasteiger partial charge in [0.25, 0.3) is 11.8 Å². The zero-order valence-corrected chi connectivity index (χ0v) is 16.3. The van der Waals surface area contributed by atoms with E-state index in [2.05, 4.69) is 5.32 Å². The Bertz CT molecular complexity index is 1220. The fraction of sp³-hybridized carbons (Fsp3) is 0.0455. The van der Waals surface area contributed by atoms with Crippen molar-refractivity contribution >= 4 is 39.1 Å². The minimum absolute atomic E-state index is 0.289. The fourth-order valence-corrected chi connectivity index (χ4v) is 3.83. The average molecular weight is 403 g/mol. The molecule has 3 N–H and O–H groups in total. The number of rotatable bonds is 5. The van der Waals surface area contributed by atoms with Gasteiger partial charge in [-0.25, -0.2) is 4.98 Å². The molecule has 0 spiro atoms. The second kappa shape index (κ2) is 7.73. The van der Waals surface area contributed by atoms with E-state index in [4.69, 9.17) is 15.5 Å². The predicted octanol–water partition coefficient (Wildman–Crippen LogP) is 4.32. The third kappa shape index (κ3) is 3.68. The van der Waals surface area contributed by atoms with E-state index in [0.29, 0.717) is 21.8 Å². The molecule has 144 valence electrons. The number of para-hydroxylation sites is 1. The third-order valence-corrected chi connectivity index (χ3v) is 5.33. The maximum absolute atomic E-state index is 13.1. The summed E-state index contributed by atoms with van der Waals surface area (Å²) in [6.07, 6.45) is 0. The standard InChI is InChI=1S/C22H17N3O3S/c1-28-14-8-6-13(7-9-14)19-12-17(15-4-2-3-5-18(15)24-19)21(27)25-22-16(20(23)26)10-11-29-22/h2-12H,1H3,(H2,23,26)(H,25,27). The van der Waals surface area contributed by atoms with E-state index in [9.17, 15) is 9.59 Å². The number of methoxy groups -OCH3 is 1. The summed E-state index contributed by atoms with van der Waals surface area (Å²) in [6.45, 7) is 0. The SMILES string of the molecule is COc1ccc(-c2cc(C(=O)Nc3sccc3C(N)=O)c3ccccc3n2)cc1. The van der Waals surface area contributed by atoms with Crippen LogP contribution >= 0.6 is 11.3 Å². The lowest BCUT2D eigenvalue weighted by Crippen LogP contribution is -2.17. The maximum Gasteiger partial charge on any atom is 0.257 e. The molecule has 7 heteroatoms. The van der Waals surface area contributed by atoms with Gasteiger partial charge in [-0.05, 0) is 47.8 Å². The lowest BCUT2D eigenvalue weighted by atomic mass is 10.0. The number of thiophene rings is 1. The van der Waals surface area contributed by atoms with Crippen molar-refractivity contribution in [3.05, 3.63) is 77.2 Å². The summed E-state index contributed by atoms with van der Waals surface area (Å²) >= 11 is 1.25. The minimum atomic E-state index is -0.583. The number of hydrogen-bond donors (Lipinski definition) is 2. The van der Waals surface area contributed by atoms with Crippen LogP contribution in [0.5, 0.6) is 5.75 Å². The molecule has 0 aliphatic carbocycles. The van der Waals surface area contributed by atoms with Gasteiger partial charge in [-0.15, -0.1) is 11.3 Å². The van der Waals surface area contributed by atoms with Gasteiger partial charge in [-0.1, -0.05) is 18.2 Å². The molecule has 2 heterocycles. The molecule has 0 saturated carbocycles. The van der Waals surface area contributed by atoms with Crippen LogP contribution in [0.3, 0.4) is 0 Å². The lowest BCUT2D eigenvalue weighted by Gasteiger charge is -2.11. The molecular weight excluding hydrogens is 386 g/mol. The van der Waals surface area contributed by atoms with Crippen molar-refractivity contribution in [3.63, 3.8) is 0 Å². The van der Waals surface area contributed by atoms with E-state index in [0.717, 1.165) is 16.7 Å². The Balaban J connectivity index is 1.78. The summed E-state index contributed by atoms with van der Waals surface area (Å²) in [5, 5.41) is 5.67. The van der Waals surface area contributed by atoms with E-state index >= 15 is 0 Å². The Kier molecular flexibility index (Phi) is 4.97. The van der Waals surface area contributed by atoms with Gasteiger partial charge in [0.1, 0.15) is 10.8 Å². The van der Waals surface area contributed by atoms with Crippen LogP contribution in [0.25, 0.3) is 22.2 Å². The number of primary amides is 1. The maximum atomic E-state index is 13.1. The summed E-state index contributed by atoms with van der Waals surface area (Å²) in [7, 11) is 1.61. The van der Waals surface area contributed by atoms with Gasteiger partial charge in [-0.3, -0.25) is 9.59 Å². The molecule has 2 aromatic carbocycles. The number of nitrogens with one attached hydrogen (secondary N) is 1. The Hall–Kier alpha value is -3.71. The highest BCUT2D eigenvalue weighted by Crippen LogP contribution is 2.28. The van der Waals surface area contributed by atoms with E-state index in [1.807, 2.05) is 48.5 Å². The Morgan fingerprint density at radius 2 is 1.79 bits per heavy atom. The first-order chi connectivity index (χ1) is 14.1. The van der Waals surface area contributed by atoms with E-state index in [1.54, 1.807) is 24.6 Å². The molecule has 0 unspecified atom stereocenters. The molecule has 0 aliphatic rings. The summed E-state index contributed by atoms with van der Waals surface area (Å²) in [6, 6.07) is 18.2. The van der Waals surface area contributed by atoms with Crippen molar-refractivity contribution in [2.24, 2.45) is 5.73 Å². The van der Waals surface area contributed by atoms with Crippen molar-refractivity contribution in [2.75, 3.05) is 12.4 Å². The quantitative estimate of drug-likeness (QED) is 0.519. The first-order valence-corrected chi connectivity index (χ1v) is 9.67. The highest BCUT2D eigenvalue weighted by molar-refractivity contribution is 7.14. The van der Waals surface area contributed by atoms with E-state index in [1.165, 1.54) is 11.3 Å². The molecule has 0 radical (unpaired) electrons. The molecule has 0 bridgehead atoms. The zero-order valence-electron chi connectivity index (χ0n) is 15.5. The van der Waals surface area contributed by atoms with Crippen LogP contribution in [0.4, 0.5) is 5.00 Å². The molecule has 6 nitrogen and oxygen atoms in total. The number of fused-ring (bicyclic) bond motifs is 1. The molecule has 0 saturated heterocycles.